The zero-order chi connectivity index (χ0) is 17.2. The molecule has 1 aliphatic heterocycles. The molecule has 0 fully saturated rings. The van der Waals surface area contributed by atoms with E-state index in [4.69, 9.17) is 5.73 Å². The minimum Gasteiger partial charge on any atom is -0.368 e. The fraction of sp³-hybridized carbons (Fsp3) is 0.316. The van der Waals surface area contributed by atoms with Crippen LogP contribution in [0.1, 0.15) is 16.8 Å². The molecule has 1 aromatic carbocycles. The Kier molecular flexibility index (Phi) is 7.18. The van der Waals surface area contributed by atoms with Crippen LogP contribution in [-0.2, 0) is 19.4 Å². The maximum absolute atomic E-state index is 5.98. The van der Waals surface area contributed by atoms with Gasteiger partial charge in [0.25, 0.3) is 0 Å². The van der Waals surface area contributed by atoms with Crippen LogP contribution in [0.2, 0.25) is 0 Å². The van der Waals surface area contributed by atoms with Crippen molar-refractivity contribution in [3.63, 3.8) is 0 Å². The molecule has 8 heteroatoms. The highest BCUT2D eigenvalue weighted by atomic mass is 35.5. The first kappa shape index (κ1) is 21.2. The lowest BCUT2D eigenvalue weighted by atomic mass is 10.1. The number of pyridine rings is 1. The van der Waals surface area contributed by atoms with Gasteiger partial charge in [0.15, 0.2) is 0 Å². The van der Waals surface area contributed by atoms with Crippen LogP contribution in [0.15, 0.2) is 36.7 Å². The predicted octanol–water partition coefficient (Wildman–Crippen LogP) is 2.78. The number of aromatic nitrogens is 3. The Morgan fingerprint density at radius 1 is 1.11 bits per heavy atom. The summed E-state index contributed by atoms with van der Waals surface area (Å²) in [7, 11) is 2.07. The zero-order valence-electron chi connectivity index (χ0n) is 15.2. The average molecular weight is 407 g/mol. The highest BCUT2D eigenvalue weighted by molar-refractivity contribution is 5.86. The molecule has 3 aromatic rings. The van der Waals surface area contributed by atoms with Gasteiger partial charge in [-0.15, -0.1) is 24.8 Å². The molecule has 144 valence electrons. The molecule has 0 aliphatic carbocycles. The van der Waals surface area contributed by atoms with E-state index in [0.717, 1.165) is 49.4 Å². The van der Waals surface area contributed by atoms with Crippen LogP contribution in [0.25, 0.3) is 10.8 Å². The van der Waals surface area contributed by atoms with Crippen molar-refractivity contribution in [1.82, 2.24) is 20.3 Å². The Morgan fingerprint density at radius 2 is 1.93 bits per heavy atom. The number of fused-ring (bicyclic) bond motifs is 2. The molecule has 3 N–H and O–H groups in total. The van der Waals surface area contributed by atoms with Crippen molar-refractivity contribution < 1.29 is 0 Å². The highest BCUT2D eigenvalue weighted by Crippen LogP contribution is 2.26. The maximum Gasteiger partial charge on any atom is 0.222 e. The zero-order valence-corrected chi connectivity index (χ0v) is 16.8. The van der Waals surface area contributed by atoms with E-state index in [9.17, 15) is 0 Å². The topological polar surface area (TPSA) is 80.0 Å². The molecule has 6 nitrogen and oxygen atoms in total. The fourth-order valence-electron chi connectivity index (χ4n) is 3.52. The van der Waals surface area contributed by atoms with Crippen LogP contribution in [0, 0.1) is 0 Å². The molecule has 0 spiro atoms. The number of halogens is 2. The molecule has 0 saturated carbocycles. The molecule has 0 saturated heterocycles. The Morgan fingerprint density at radius 3 is 2.78 bits per heavy atom. The van der Waals surface area contributed by atoms with E-state index >= 15 is 0 Å². The molecule has 27 heavy (non-hydrogen) atoms. The van der Waals surface area contributed by atoms with Crippen LogP contribution in [0.5, 0.6) is 0 Å². The number of nitrogens with zero attached hydrogens (tertiary/aromatic N) is 4. The fourth-order valence-corrected chi connectivity index (χ4v) is 3.52. The van der Waals surface area contributed by atoms with E-state index in [1.54, 1.807) is 0 Å². The van der Waals surface area contributed by atoms with Gasteiger partial charge in [-0.1, -0.05) is 18.2 Å². The first-order chi connectivity index (χ1) is 12.2. The minimum atomic E-state index is 0. The summed E-state index contributed by atoms with van der Waals surface area (Å²) in [5, 5.41) is 5.79. The highest BCUT2D eigenvalue weighted by Gasteiger charge is 2.19. The quantitative estimate of drug-likeness (QED) is 0.695. The number of nitrogens with one attached hydrogen (secondary N) is 1. The van der Waals surface area contributed by atoms with E-state index in [1.165, 1.54) is 16.5 Å². The summed E-state index contributed by atoms with van der Waals surface area (Å²) in [6.07, 6.45) is 5.56. The molecule has 4 rings (SSSR count). The van der Waals surface area contributed by atoms with E-state index in [1.807, 2.05) is 12.4 Å². The first-order valence-electron chi connectivity index (χ1n) is 8.61. The van der Waals surface area contributed by atoms with Crippen LogP contribution in [0.3, 0.4) is 0 Å². The molecule has 0 atom stereocenters. The van der Waals surface area contributed by atoms with Gasteiger partial charge in [0.2, 0.25) is 5.95 Å². The number of anilines is 2. The summed E-state index contributed by atoms with van der Waals surface area (Å²) in [5.41, 5.74) is 9.51. The van der Waals surface area contributed by atoms with Gasteiger partial charge >= 0.3 is 0 Å². The van der Waals surface area contributed by atoms with Gasteiger partial charge in [0.1, 0.15) is 5.82 Å². The molecular formula is C19H24Cl2N6. The lowest BCUT2D eigenvalue weighted by Crippen LogP contribution is -2.22. The Labute approximate surface area is 171 Å². The number of hydrogen-bond donors (Lipinski definition) is 2. The molecular weight excluding hydrogens is 383 g/mol. The number of rotatable bonds is 3. The summed E-state index contributed by atoms with van der Waals surface area (Å²) in [6, 6.07) is 8.39. The van der Waals surface area contributed by atoms with Crippen LogP contribution >= 0.6 is 24.8 Å². The molecule has 0 amide bonds. The standard InChI is InChI=1S/C19H22N6.2ClH/c1-25(12-14-4-2-3-13-11-22-9-5-15(13)14)18-16-6-8-21-10-7-17(16)23-19(20)24-18;;/h2-5,9,11,21H,6-8,10,12H2,1H3,(H2,20,23,24);2*1H. The van der Waals surface area contributed by atoms with Crippen molar-refractivity contribution in [1.29, 1.82) is 0 Å². The summed E-state index contributed by atoms with van der Waals surface area (Å²) < 4.78 is 0. The monoisotopic (exact) mass is 406 g/mol. The molecule has 0 radical (unpaired) electrons. The number of nitrogens with two attached hydrogens (primary N) is 1. The van der Waals surface area contributed by atoms with Crippen LogP contribution in [0.4, 0.5) is 11.8 Å². The Hall–Kier alpha value is -2.15. The van der Waals surface area contributed by atoms with Crippen molar-refractivity contribution in [2.45, 2.75) is 19.4 Å². The van der Waals surface area contributed by atoms with Gasteiger partial charge in [0, 0.05) is 49.9 Å². The van der Waals surface area contributed by atoms with Gasteiger partial charge < -0.3 is 16.0 Å². The van der Waals surface area contributed by atoms with Gasteiger partial charge in [-0.05, 0) is 30.0 Å². The molecule has 0 unspecified atom stereocenters. The maximum atomic E-state index is 5.98. The lowest BCUT2D eigenvalue weighted by Gasteiger charge is -2.23. The Balaban J connectivity index is 0.00000131. The molecule has 0 bridgehead atoms. The second kappa shape index (κ2) is 9.17. The third-order valence-corrected chi connectivity index (χ3v) is 4.72. The average Bonchev–Trinajstić information content (AvgIpc) is 2.86. The summed E-state index contributed by atoms with van der Waals surface area (Å²) in [6.45, 7) is 2.64. The SMILES string of the molecule is CN(Cc1cccc2cnccc12)c1nc(N)nc2c1CCNCC2.Cl.Cl. The number of benzene rings is 1. The van der Waals surface area contributed by atoms with Crippen LogP contribution < -0.4 is 16.0 Å². The first-order valence-corrected chi connectivity index (χ1v) is 8.61. The second-order valence-corrected chi connectivity index (χ2v) is 6.45. The Bertz CT molecular complexity index is 913. The van der Waals surface area contributed by atoms with E-state index in [2.05, 4.69) is 56.5 Å². The van der Waals surface area contributed by atoms with Gasteiger partial charge in [-0.25, -0.2) is 4.98 Å². The summed E-state index contributed by atoms with van der Waals surface area (Å²) in [4.78, 5) is 15.4. The van der Waals surface area contributed by atoms with Gasteiger partial charge in [-0.2, -0.15) is 4.98 Å². The lowest BCUT2D eigenvalue weighted by molar-refractivity contribution is 0.708. The van der Waals surface area contributed by atoms with E-state index in [0.29, 0.717) is 5.95 Å². The van der Waals surface area contributed by atoms with Gasteiger partial charge in [-0.3, -0.25) is 4.98 Å². The van der Waals surface area contributed by atoms with Crippen molar-refractivity contribution in [3.8, 4) is 0 Å². The number of hydrogen-bond acceptors (Lipinski definition) is 6. The molecule has 1 aliphatic rings. The van der Waals surface area contributed by atoms with Crippen molar-refractivity contribution in [2.75, 3.05) is 30.8 Å². The third kappa shape index (κ3) is 4.40. The molecule has 3 heterocycles. The van der Waals surface area contributed by atoms with E-state index < -0.39 is 0 Å². The predicted molar refractivity (Wildman–Crippen MR) is 115 cm³/mol. The van der Waals surface area contributed by atoms with Crippen molar-refractivity contribution in [3.05, 3.63) is 53.5 Å². The largest absolute Gasteiger partial charge is 0.368 e. The van der Waals surface area contributed by atoms with Crippen molar-refractivity contribution in [2.24, 2.45) is 0 Å². The minimum absolute atomic E-state index is 0. The second-order valence-electron chi connectivity index (χ2n) is 6.45. The summed E-state index contributed by atoms with van der Waals surface area (Å²) >= 11 is 0. The summed E-state index contributed by atoms with van der Waals surface area (Å²) in [5.74, 6) is 1.29. The normalized spacial score (nSPS) is 13.1. The smallest absolute Gasteiger partial charge is 0.222 e. The van der Waals surface area contributed by atoms with Crippen LogP contribution in [-0.4, -0.2) is 35.1 Å². The third-order valence-electron chi connectivity index (χ3n) is 4.72. The van der Waals surface area contributed by atoms with E-state index in [-0.39, 0.29) is 24.8 Å². The molecule has 2 aromatic heterocycles. The van der Waals surface area contributed by atoms with Gasteiger partial charge in [0.05, 0.1) is 5.69 Å². The number of nitrogen functional groups attached to an aromatic ring is 1. The van der Waals surface area contributed by atoms with Crippen molar-refractivity contribution >= 4 is 47.4 Å².